The van der Waals surface area contributed by atoms with Gasteiger partial charge in [0, 0.05) is 6.20 Å². The predicted molar refractivity (Wildman–Crippen MR) is 63.7 cm³/mol. The van der Waals surface area contributed by atoms with Crippen LogP contribution >= 0.6 is 0 Å². The Balaban J connectivity index is 2.29. The topological polar surface area (TPSA) is 57.4 Å². The molecule has 10 heteroatoms. The molecular formula is C12H6F6N4. The molecule has 0 aliphatic rings. The van der Waals surface area contributed by atoms with E-state index < -0.39 is 29.0 Å². The van der Waals surface area contributed by atoms with Crippen molar-refractivity contribution in [2.24, 2.45) is 0 Å². The van der Waals surface area contributed by atoms with Crippen LogP contribution in [0, 0.1) is 0 Å². The Hall–Kier alpha value is -2.52. The molecule has 0 atom stereocenters. The van der Waals surface area contributed by atoms with Crippen LogP contribution in [0.3, 0.4) is 0 Å². The standard InChI is InChI=1S/C12H6F6N4/c13-11(14,15)5-3-6(12(16,17)18)9-8(4-5)20-10(21-9)7-1-2-19-22-7/h1-4H,(H,19,22)(H,20,21). The third-order valence-corrected chi connectivity index (χ3v) is 2.98. The van der Waals surface area contributed by atoms with Gasteiger partial charge in [-0.2, -0.15) is 31.4 Å². The Bertz CT molecular complexity index is 813. The van der Waals surface area contributed by atoms with Crippen LogP contribution in [0.25, 0.3) is 22.6 Å². The molecule has 0 saturated carbocycles. The Morgan fingerprint density at radius 1 is 0.955 bits per heavy atom. The van der Waals surface area contributed by atoms with E-state index in [1.54, 1.807) is 0 Å². The molecule has 0 aliphatic heterocycles. The Morgan fingerprint density at radius 3 is 2.23 bits per heavy atom. The highest BCUT2D eigenvalue weighted by Gasteiger charge is 2.39. The summed E-state index contributed by atoms with van der Waals surface area (Å²) in [5, 5.41) is 6.08. The van der Waals surface area contributed by atoms with E-state index in [0.29, 0.717) is 6.07 Å². The van der Waals surface area contributed by atoms with E-state index in [1.165, 1.54) is 12.3 Å². The summed E-state index contributed by atoms with van der Waals surface area (Å²) in [6, 6.07) is 2.08. The summed E-state index contributed by atoms with van der Waals surface area (Å²) >= 11 is 0. The van der Waals surface area contributed by atoms with Crippen LogP contribution in [0.15, 0.2) is 24.4 Å². The van der Waals surface area contributed by atoms with E-state index in [4.69, 9.17) is 0 Å². The average Bonchev–Trinajstić information content (AvgIpc) is 3.03. The summed E-state index contributed by atoms with van der Waals surface area (Å²) < 4.78 is 77.2. The van der Waals surface area contributed by atoms with Gasteiger partial charge in [-0.3, -0.25) is 5.10 Å². The number of aromatic amines is 2. The summed E-state index contributed by atoms with van der Waals surface area (Å²) in [7, 11) is 0. The first kappa shape index (κ1) is 14.4. The fourth-order valence-electron chi connectivity index (χ4n) is 2.01. The fourth-order valence-corrected chi connectivity index (χ4v) is 2.01. The largest absolute Gasteiger partial charge is 0.418 e. The number of nitrogens with zero attached hydrogens (tertiary/aromatic N) is 2. The van der Waals surface area contributed by atoms with Gasteiger partial charge < -0.3 is 4.98 Å². The number of hydrogen-bond acceptors (Lipinski definition) is 2. The van der Waals surface area contributed by atoms with Crippen LogP contribution in [-0.4, -0.2) is 20.2 Å². The molecule has 3 aromatic rings. The molecule has 0 radical (unpaired) electrons. The molecule has 0 saturated heterocycles. The lowest BCUT2D eigenvalue weighted by atomic mass is 10.1. The molecule has 0 amide bonds. The highest BCUT2D eigenvalue weighted by Crippen LogP contribution is 2.39. The number of H-pyrrole nitrogens is 2. The molecule has 2 heterocycles. The number of fused-ring (bicyclic) bond motifs is 1. The predicted octanol–water partition coefficient (Wildman–Crippen LogP) is 3.99. The van der Waals surface area contributed by atoms with Crippen molar-refractivity contribution in [3.05, 3.63) is 35.5 Å². The van der Waals surface area contributed by atoms with E-state index in [2.05, 4.69) is 20.2 Å². The van der Waals surface area contributed by atoms with Crippen molar-refractivity contribution in [3.8, 4) is 11.5 Å². The van der Waals surface area contributed by atoms with E-state index in [9.17, 15) is 26.3 Å². The van der Waals surface area contributed by atoms with Crippen LogP contribution in [0.4, 0.5) is 26.3 Å². The van der Waals surface area contributed by atoms with Gasteiger partial charge in [0.05, 0.1) is 16.6 Å². The monoisotopic (exact) mass is 320 g/mol. The Labute approximate surface area is 118 Å². The van der Waals surface area contributed by atoms with Crippen LogP contribution in [0.5, 0.6) is 0 Å². The molecule has 2 aromatic heterocycles. The number of halogens is 6. The maximum Gasteiger partial charge on any atom is 0.418 e. The van der Waals surface area contributed by atoms with Gasteiger partial charge in [0.1, 0.15) is 11.2 Å². The first-order chi connectivity index (χ1) is 10.2. The highest BCUT2D eigenvalue weighted by molar-refractivity contribution is 5.83. The molecule has 1 aromatic carbocycles. The third-order valence-electron chi connectivity index (χ3n) is 2.98. The lowest BCUT2D eigenvalue weighted by Gasteiger charge is -2.11. The second kappa shape index (κ2) is 4.49. The van der Waals surface area contributed by atoms with Gasteiger partial charge in [0.2, 0.25) is 0 Å². The van der Waals surface area contributed by atoms with Crippen LogP contribution in [0.1, 0.15) is 11.1 Å². The molecule has 22 heavy (non-hydrogen) atoms. The quantitative estimate of drug-likeness (QED) is 0.666. The van der Waals surface area contributed by atoms with Crippen LogP contribution in [-0.2, 0) is 12.4 Å². The summed E-state index contributed by atoms with van der Waals surface area (Å²) in [6.07, 6.45) is -8.51. The van der Waals surface area contributed by atoms with Crippen LogP contribution < -0.4 is 0 Å². The highest BCUT2D eigenvalue weighted by atomic mass is 19.4. The van der Waals surface area contributed by atoms with Gasteiger partial charge in [-0.05, 0) is 18.2 Å². The maximum atomic E-state index is 13.0. The lowest BCUT2D eigenvalue weighted by molar-refractivity contribution is -0.142. The van der Waals surface area contributed by atoms with Gasteiger partial charge >= 0.3 is 12.4 Å². The van der Waals surface area contributed by atoms with Crippen molar-refractivity contribution in [2.75, 3.05) is 0 Å². The Morgan fingerprint density at radius 2 is 1.68 bits per heavy atom. The molecule has 0 aliphatic carbocycles. The average molecular weight is 320 g/mol. The minimum atomic E-state index is -4.96. The number of imidazole rings is 1. The van der Waals surface area contributed by atoms with E-state index in [1.807, 2.05) is 0 Å². The number of aromatic nitrogens is 4. The number of alkyl halides is 6. The first-order valence-corrected chi connectivity index (χ1v) is 5.84. The van der Waals surface area contributed by atoms with E-state index >= 15 is 0 Å². The smallest absolute Gasteiger partial charge is 0.337 e. The van der Waals surface area contributed by atoms with E-state index in [0.717, 1.165) is 0 Å². The van der Waals surface area contributed by atoms with Crippen LogP contribution in [0.2, 0.25) is 0 Å². The lowest BCUT2D eigenvalue weighted by Crippen LogP contribution is -2.11. The van der Waals surface area contributed by atoms with E-state index in [-0.39, 0.29) is 23.1 Å². The van der Waals surface area contributed by atoms with Crippen molar-refractivity contribution in [2.45, 2.75) is 12.4 Å². The molecule has 2 N–H and O–H groups in total. The van der Waals surface area contributed by atoms with Crippen molar-refractivity contribution in [1.82, 2.24) is 20.2 Å². The zero-order valence-electron chi connectivity index (χ0n) is 10.5. The first-order valence-electron chi connectivity index (χ1n) is 5.84. The third kappa shape index (κ3) is 2.40. The second-order valence-electron chi connectivity index (χ2n) is 4.47. The van der Waals surface area contributed by atoms with Gasteiger partial charge in [-0.15, -0.1) is 0 Å². The van der Waals surface area contributed by atoms with Gasteiger partial charge in [-0.25, -0.2) is 4.98 Å². The minimum Gasteiger partial charge on any atom is -0.337 e. The minimum absolute atomic E-state index is 0.0303. The maximum absolute atomic E-state index is 13.0. The SMILES string of the molecule is FC(F)(F)c1cc(C(F)(F)F)c2nc(-c3ccn[nH]3)[nH]c2c1. The fraction of sp³-hybridized carbons (Fsp3) is 0.167. The molecule has 0 spiro atoms. The zero-order valence-corrected chi connectivity index (χ0v) is 10.5. The molecule has 4 nitrogen and oxygen atoms in total. The van der Waals surface area contributed by atoms with Gasteiger partial charge in [-0.1, -0.05) is 0 Å². The molecule has 0 fully saturated rings. The number of rotatable bonds is 1. The zero-order chi connectivity index (χ0) is 16.1. The molecule has 0 bridgehead atoms. The number of benzene rings is 1. The van der Waals surface area contributed by atoms with Gasteiger partial charge in [0.15, 0.2) is 5.82 Å². The van der Waals surface area contributed by atoms with Crippen molar-refractivity contribution < 1.29 is 26.3 Å². The normalized spacial score (nSPS) is 13.0. The summed E-state index contributed by atoms with van der Waals surface area (Å²) in [4.78, 5) is 6.17. The van der Waals surface area contributed by atoms with Crippen molar-refractivity contribution in [1.29, 1.82) is 0 Å². The molecule has 3 rings (SSSR count). The van der Waals surface area contributed by atoms with Crippen molar-refractivity contribution in [3.63, 3.8) is 0 Å². The molecular weight excluding hydrogens is 314 g/mol. The molecule has 116 valence electrons. The number of hydrogen-bond donors (Lipinski definition) is 2. The summed E-state index contributed by atoms with van der Waals surface area (Å²) in [5.74, 6) is -0.0303. The second-order valence-corrected chi connectivity index (χ2v) is 4.47. The summed E-state index contributed by atoms with van der Waals surface area (Å²) in [5.41, 5.74) is -3.51. The van der Waals surface area contributed by atoms with Gasteiger partial charge in [0.25, 0.3) is 0 Å². The summed E-state index contributed by atoms with van der Waals surface area (Å²) in [6.45, 7) is 0. The number of nitrogens with one attached hydrogen (secondary N) is 2. The molecule has 0 unspecified atom stereocenters. The Kier molecular flexibility index (Phi) is 2.94. The van der Waals surface area contributed by atoms with Crippen molar-refractivity contribution >= 4 is 11.0 Å².